The smallest absolute Gasteiger partial charge is 0.240 e. The second kappa shape index (κ2) is 6.86. The van der Waals surface area contributed by atoms with Gasteiger partial charge in [0.2, 0.25) is 5.91 Å². The molecule has 1 atom stereocenters. The average molecular weight is 319 g/mol. The fourth-order valence-electron chi connectivity index (χ4n) is 2.90. The summed E-state index contributed by atoms with van der Waals surface area (Å²) in [6, 6.07) is 8.14. The van der Waals surface area contributed by atoms with Gasteiger partial charge in [-0.15, -0.1) is 0 Å². The number of ether oxygens (including phenoxy) is 2. The van der Waals surface area contributed by atoms with Crippen LogP contribution in [0.1, 0.15) is 24.4 Å². The van der Waals surface area contributed by atoms with Crippen LogP contribution in [0.25, 0.3) is 0 Å². The third-order valence-electron chi connectivity index (χ3n) is 4.68. The zero-order valence-corrected chi connectivity index (χ0v) is 13.6. The molecule has 1 aliphatic heterocycles. The number of nitrogens with one attached hydrogen (secondary N) is 1. The van der Waals surface area contributed by atoms with E-state index in [4.69, 9.17) is 15.2 Å². The quantitative estimate of drug-likeness (QED) is 0.806. The van der Waals surface area contributed by atoms with Gasteiger partial charge in [-0.3, -0.25) is 9.69 Å². The molecule has 0 spiro atoms. The van der Waals surface area contributed by atoms with Crippen molar-refractivity contribution >= 4 is 5.91 Å². The highest BCUT2D eigenvalue weighted by atomic mass is 16.5. The van der Waals surface area contributed by atoms with Gasteiger partial charge in [-0.25, -0.2) is 0 Å². The molecule has 0 aromatic heterocycles. The number of methoxy groups -OCH3 is 1. The Morgan fingerprint density at radius 1 is 1.35 bits per heavy atom. The first-order valence-corrected chi connectivity index (χ1v) is 8.15. The number of rotatable bonds is 6. The van der Waals surface area contributed by atoms with Gasteiger partial charge < -0.3 is 20.5 Å². The molecule has 0 bridgehead atoms. The number of amides is 1. The second-order valence-electron chi connectivity index (χ2n) is 6.30. The van der Waals surface area contributed by atoms with Gasteiger partial charge in [0.05, 0.1) is 31.9 Å². The molecule has 1 saturated heterocycles. The van der Waals surface area contributed by atoms with Crippen molar-refractivity contribution in [1.29, 1.82) is 0 Å². The lowest BCUT2D eigenvalue weighted by Crippen LogP contribution is -2.48. The maximum absolute atomic E-state index is 12.1. The SMILES string of the molecule is COc1ccc(C(CNC(=O)C2(N)CC2)N2CCOCC2)cc1. The molecule has 3 N–H and O–H groups in total. The van der Waals surface area contributed by atoms with Crippen molar-refractivity contribution in [3.05, 3.63) is 29.8 Å². The van der Waals surface area contributed by atoms with E-state index in [1.54, 1.807) is 7.11 Å². The van der Waals surface area contributed by atoms with Gasteiger partial charge in [-0.05, 0) is 30.5 Å². The molecule has 23 heavy (non-hydrogen) atoms. The van der Waals surface area contributed by atoms with Gasteiger partial charge in [0, 0.05) is 19.6 Å². The third kappa shape index (κ3) is 3.83. The van der Waals surface area contributed by atoms with Crippen LogP contribution in [0.5, 0.6) is 5.75 Å². The summed E-state index contributed by atoms with van der Waals surface area (Å²) < 4.78 is 10.7. The number of benzene rings is 1. The summed E-state index contributed by atoms with van der Waals surface area (Å²) in [7, 11) is 1.66. The van der Waals surface area contributed by atoms with Gasteiger partial charge in [0.1, 0.15) is 5.75 Å². The van der Waals surface area contributed by atoms with Crippen molar-refractivity contribution in [2.24, 2.45) is 5.73 Å². The van der Waals surface area contributed by atoms with Crippen LogP contribution in [0.3, 0.4) is 0 Å². The predicted octanol–water partition coefficient (Wildman–Crippen LogP) is 0.676. The van der Waals surface area contributed by atoms with Crippen molar-refractivity contribution in [2.75, 3.05) is 40.0 Å². The van der Waals surface area contributed by atoms with Crippen LogP contribution in [0.15, 0.2) is 24.3 Å². The third-order valence-corrected chi connectivity index (χ3v) is 4.68. The van der Waals surface area contributed by atoms with E-state index in [0.29, 0.717) is 6.54 Å². The topological polar surface area (TPSA) is 76.8 Å². The van der Waals surface area contributed by atoms with E-state index >= 15 is 0 Å². The van der Waals surface area contributed by atoms with E-state index in [1.807, 2.05) is 12.1 Å². The van der Waals surface area contributed by atoms with Crippen molar-refractivity contribution in [2.45, 2.75) is 24.4 Å². The summed E-state index contributed by atoms with van der Waals surface area (Å²) in [5.41, 5.74) is 6.50. The Bertz CT molecular complexity index is 537. The Kier molecular flexibility index (Phi) is 4.84. The van der Waals surface area contributed by atoms with E-state index in [-0.39, 0.29) is 11.9 Å². The molecule has 1 unspecified atom stereocenters. The van der Waals surface area contributed by atoms with E-state index in [0.717, 1.165) is 50.5 Å². The van der Waals surface area contributed by atoms with Crippen LogP contribution in [-0.4, -0.2) is 56.3 Å². The molecule has 1 aliphatic carbocycles. The molecule has 2 fully saturated rings. The Morgan fingerprint density at radius 3 is 2.57 bits per heavy atom. The highest BCUT2D eigenvalue weighted by molar-refractivity contribution is 5.89. The van der Waals surface area contributed by atoms with Crippen LogP contribution in [-0.2, 0) is 9.53 Å². The Morgan fingerprint density at radius 2 is 2.00 bits per heavy atom. The maximum atomic E-state index is 12.1. The molecule has 6 heteroatoms. The number of morpholine rings is 1. The van der Waals surface area contributed by atoms with Gasteiger partial charge in [0.15, 0.2) is 0 Å². The maximum Gasteiger partial charge on any atom is 0.240 e. The van der Waals surface area contributed by atoms with Crippen LogP contribution >= 0.6 is 0 Å². The van der Waals surface area contributed by atoms with Crippen LogP contribution in [0.4, 0.5) is 0 Å². The molecule has 1 aromatic rings. The second-order valence-corrected chi connectivity index (χ2v) is 6.30. The number of carbonyl (C=O) groups excluding carboxylic acids is 1. The highest BCUT2D eigenvalue weighted by Crippen LogP contribution is 2.32. The predicted molar refractivity (Wildman–Crippen MR) is 87.3 cm³/mol. The zero-order valence-electron chi connectivity index (χ0n) is 13.6. The number of hydrogen-bond donors (Lipinski definition) is 2. The van der Waals surface area contributed by atoms with Crippen molar-refractivity contribution in [1.82, 2.24) is 10.2 Å². The summed E-state index contributed by atoms with van der Waals surface area (Å²) in [4.78, 5) is 14.5. The molecule has 1 heterocycles. The first kappa shape index (κ1) is 16.2. The van der Waals surface area contributed by atoms with Gasteiger partial charge in [0.25, 0.3) is 0 Å². The molecule has 2 aliphatic rings. The lowest BCUT2D eigenvalue weighted by molar-refractivity contribution is -0.123. The van der Waals surface area contributed by atoms with E-state index in [2.05, 4.69) is 22.3 Å². The molecule has 0 radical (unpaired) electrons. The van der Waals surface area contributed by atoms with Gasteiger partial charge in [-0.1, -0.05) is 12.1 Å². The van der Waals surface area contributed by atoms with Crippen molar-refractivity contribution in [3.63, 3.8) is 0 Å². The van der Waals surface area contributed by atoms with Crippen molar-refractivity contribution in [3.8, 4) is 5.75 Å². The standard InChI is InChI=1S/C17H25N3O3/c1-22-14-4-2-13(3-5-14)15(20-8-10-23-11-9-20)12-19-16(21)17(18)6-7-17/h2-5,15H,6-12,18H2,1H3,(H,19,21). The lowest BCUT2D eigenvalue weighted by atomic mass is 10.0. The Labute approximate surface area is 136 Å². The monoisotopic (exact) mass is 319 g/mol. The normalized spacial score (nSPS) is 21.5. The molecule has 1 amide bonds. The summed E-state index contributed by atoms with van der Waals surface area (Å²) in [6.45, 7) is 3.73. The van der Waals surface area contributed by atoms with E-state index in [9.17, 15) is 4.79 Å². The van der Waals surface area contributed by atoms with Crippen LogP contribution in [0, 0.1) is 0 Å². The largest absolute Gasteiger partial charge is 0.497 e. The molecule has 3 rings (SSSR count). The number of carbonyl (C=O) groups is 1. The first-order chi connectivity index (χ1) is 11.1. The number of nitrogens with zero attached hydrogens (tertiary/aromatic N) is 1. The van der Waals surface area contributed by atoms with Crippen molar-refractivity contribution < 1.29 is 14.3 Å². The Hall–Kier alpha value is -1.63. The minimum absolute atomic E-state index is 0.0377. The molecular formula is C17H25N3O3. The minimum Gasteiger partial charge on any atom is -0.497 e. The van der Waals surface area contributed by atoms with Crippen LogP contribution < -0.4 is 15.8 Å². The van der Waals surface area contributed by atoms with Crippen LogP contribution in [0.2, 0.25) is 0 Å². The highest BCUT2D eigenvalue weighted by Gasteiger charge is 2.46. The van der Waals surface area contributed by atoms with E-state index < -0.39 is 5.54 Å². The molecule has 1 saturated carbocycles. The molecule has 6 nitrogen and oxygen atoms in total. The summed E-state index contributed by atoms with van der Waals surface area (Å²) in [6.07, 6.45) is 1.56. The summed E-state index contributed by atoms with van der Waals surface area (Å²) in [5.74, 6) is 0.793. The number of nitrogens with two attached hydrogens (primary N) is 1. The molecule has 1 aromatic carbocycles. The lowest BCUT2D eigenvalue weighted by Gasteiger charge is -2.35. The summed E-state index contributed by atoms with van der Waals surface area (Å²) >= 11 is 0. The minimum atomic E-state index is -0.629. The average Bonchev–Trinajstić information content (AvgIpc) is 3.35. The molecule has 126 valence electrons. The number of hydrogen-bond acceptors (Lipinski definition) is 5. The first-order valence-electron chi connectivity index (χ1n) is 8.15. The fraction of sp³-hybridized carbons (Fsp3) is 0.588. The fourth-order valence-corrected chi connectivity index (χ4v) is 2.90. The summed E-state index contributed by atoms with van der Waals surface area (Å²) in [5, 5.41) is 3.03. The Balaban J connectivity index is 1.70. The van der Waals surface area contributed by atoms with E-state index in [1.165, 1.54) is 0 Å². The molecular weight excluding hydrogens is 294 g/mol. The van der Waals surface area contributed by atoms with Gasteiger partial charge >= 0.3 is 0 Å². The zero-order chi connectivity index (χ0) is 16.3. The van der Waals surface area contributed by atoms with Gasteiger partial charge in [-0.2, -0.15) is 0 Å².